The van der Waals surface area contributed by atoms with E-state index in [0.717, 1.165) is 17.1 Å². The summed E-state index contributed by atoms with van der Waals surface area (Å²) in [5, 5.41) is 9.91. The summed E-state index contributed by atoms with van der Waals surface area (Å²) in [6.45, 7) is 0. The molecule has 0 fully saturated rings. The third kappa shape index (κ3) is 6.77. The molecule has 0 radical (unpaired) electrons. The van der Waals surface area contributed by atoms with Gasteiger partial charge in [0.15, 0.2) is 0 Å². The van der Waals surface area contributed by atoms with Gasteiger partial charge in [-0.2, -0.15) is 0 Å². The number of nitrogens with zero attached hydrogens (tertiary/aromatic N) is 1. The number of rotatable bonds is 8. The van der Waals surface area contributed by atoms with Crippen LogP contribution < -0.4 is 4.90 Å². The molecular weight excluding hydrogens is 839 g/mol. The van der Waals surface area contributed by atoms with Crippen LogP contribution in [0.15, 0.2) is 261 Å². The molecular formula is C66H43NS. The van der Waals surface area contributed by atoms with Crippen LogP contribution in [0, 0.1) is 0 Å². The van der Waals surface area contributed by atoms with Crippen LogP contribution in [0.4, 0.5) is 17.1 Å². The zero-order valence-corrected chi connectivity index (χ0v) is 38.0. The van der Waals surface area contributed by atoms with Gasteiger partial charge in [-0.1, -0.05) is 237 Å². The maximum Gasteiger partial charge on any atom is 0.0625 e. The van der Waals surface area contributed by atoms with E-state index in [1.54, 1.807) is 0 Å². The SMILES string of the molecule is c1ccc(-c2ccc(-c3ccc(-c4ccc(N(c5ccccc5-c5cccc6c5sc5ccccc56)c5c(-c6cccc7ccccc67)c6ccccc6c6ccccc56)cc4)cc3)cc2)cc1. The first-order chi connectivity index (χ1) is 33.7. The van der Waals surface area contributed by atoms with Gasteiger partial charge in [0.1, 0.15) is 0 Å². The molecule has 0 bridgehead atoms. The number of anilines is 3. The van der Waals surface area contributed by atoms with Crippen LogP contribution in [-0.4, -0.2) is 0 Å². The molecule has 0 amide bonds. The molecule has 0 atom stereocenters. The Kier molecular flexibility index (Phi) is 9.77. The van der Waals surface area contributed by atoms with Crippen molar-refractivity contribution in [1.82, 2.24) is 0 Å². The van der Waals surface area contributed by atoms with Crippen molar-refractivity contribution in [2.45, 2.75) is 0 Å². The molecule has 0 aliphatic carbocycles. The molecule has 0 unspecified atom stereocenters. The van der Waals surface area contributed by atoms with Gasteiger partial charge in [-0.05, 0) is 90.1 Å². The average molecular weight is 882 g/mol. The fraction of sp³-hybridized carbons (Fsp3) is 0. The summed E-state index contributed by atoms with van der Waals surface area (Å²) in [4.78, 5) is 2.55. The molecule has 0 spiro atoms. The van der Waals surface area contributed by atoms with Crippen LogP contribution in [0.1, 0.15) is 0 Å². The largest absolute Gasteiger partial charge is 0.309 e. The number of para-hydroxylation sites is 1. The Bertz CT molecular complexity index is 3990. The van der Waals surface area contributed by atoms with Crippen LogP contribution in [-0.2, 0) is 0 Å². The molecule has 0 saturated carbocycles. The van der Waals surface area contributed by atoms with Gasteiger partial charge in [0, 0.05) is 47.9 Å². The van der Waals surface area contributed by atoms with E-state index in [1.807, 2.05) is 11.3 Å². The molecule has 1 nitrogen and oxygen atoms in total. The smallest absolute Gasteiger partial charge is 0.0625 e. The number of hydrogen-bond donors (Lipinski definition) is 0. The fourth-order valence-electron chi connectivity index (χ4n) is 10.5. The van der Waals surface area contributed by atoms with Gasteiger partial charge in [-0.15, -0.1) is 11.3 Å². The van der Waals surface area contributed by atoms with Gasteiger partial charge >= 0.3 is 0 Å². The van der Waals surface area contributed by atoms with Crippen LogP contribution in [0.5, 0.6) is 0 Å². The van der Waals surface area contributed by atoms with Crippen molar-refractivity contribution in [3.05, 3.63) is 261 Å². The van der Waals surface area contributed by atoms with E-state index in [1.165, 1.54) is 108 Å². The van der Waals surface area contributed by atoms with Gasteiger partial charge < -0.3 is 4.90 Å². The highest BCUT2D eigenvalue weighted by atomic mass is 32.1. The molecule has 12 aromatic carbocycles. The minimum absolute atomic E-state index is 1.08. The predicted octanol–water partition coefficient (Wildman–Crippen LogP) is 19.3. The third-order valence-corrected chi connectivity index (χ3v) is 14.9. The summed E-state index contributed by atoms with van der Waals surface area (Å²) >= 11 is 1.88. The number of hydrogen-bond acceptors (Lipinski definition) is 2. The standard InChI is InChI=1S/C66H43NS/c1-2-16-44(17-3-1)45-32-34-46(35-33-45)47-36-38-48(39-37-47)49-40-42-51(43-41-49)67(62-30-12-10-23-55(62)60-28-15-29-61-56-24-11-13-31-63(56)68-66(60)61)65-59-26-9-7-22-54(59)53-21-6-8-25-58(53)64(65)57-27-14-19-50-18-4-5-20-52(50)57/h1-43H. The average Bonchev–Trinajstić information content (AvgIpc) is 3.81. The molecule has 318 valence electrons. The van der Waals surface area contributed by atoms with Crippen LogP contribution in [0.25, 0.3) is 108 Å². The van der Waals surface area contributed by atoms with Crippen molar-refractivity contribution in [2.75, 3.05) is 4.90 Å². The van der Waals surface area contributed by atoms with Gasteiger partial charge in [0.05, 0.1) is 11.4 Å². The Morgan fingerprint density at radius 1 is 0.265 bits per heavy atom. The monoisotopic (exact) mass is 881 g/mol. The lowest BCUT2D eigenvalue weighted by molar-refractivity contribution is 1.30. The molecule has 2 heteroatoms. The lowest BCUT2D eigenvalue weighted by Crippen LogP contribution is -2.13. The molecule has 0 aliphatic rings. The molecule has 0 saturated heterocycles. The maximum atomic E-state index is 2.55. The summed E-state index contributed by atoms with van der Waals surface area (Å²) in [7, 11) is 0. The summed E-state index contributed by atoms with van der Waals surface area (Å²) < 4.78 is 2.59. The normalized spacial score (nSPS) is 11.5. The Morgan fingerprint density at radius 3 is 1.40 bits per heavy atom. The number of thiophene rings is 1. The van der Waals surface area contributed by atoms with Crippen molar-refractivity contribution in [1.29, 1.82) is 0 Å². The molecule has 13 rings (SSSR count). The molecule has 68 heavy (non-hydrogen) atoms. The van der Waals surface area contributed by atoms with E-state index in [-0.39, 0.29) is 0 Å². The Hall–Kier alpha value is -8.56. The topological polar surface area (TPSA) is 3.24 Å². The van der Waals surface area contributed by atoms with Crippen molar-refractivity contribution >= 4 is 80.9 Å². The van der Waals surface area contributed by atoms with Crippen LogP contribution >= 0.6 is 11.3 Å². The maximum absolute atomic E-state index is 2.55. The lowest BCUT2D eigenvalue weighted by atomic mass is 9.87. The van der Waals surface area contributed by atoms with Crippen LogP contribution in [0.3, 0.4) is 0 Å². The van der Waals surface area contributed by atoms with E-state index in [4.69, 9.17) is 0 Å². The van der Waals surface area contributed by atoms with Gasteiger partial charge in [-0.25, -0.2) is 0 Å². The summed E-state index contributed by atoms with van der Waals surface area (Å²) in [5.74, 6) is 0. The van der Waals surface area contributed by atoms with Crippen molar-refractivity contribution in [3.8, 4) is 55.6 Å². The molecule has 1 heterocycles. The first-order valence-corrected chi connectivity index (χ1v) is 24.1. The third-order valence-electron chi connectivity index (χ3n) is 13.7. The summed E-state index contributed by atoms with van der Waals surface area (Å²) in [6, 6.07) is 95.8. The highest BCUT2D eigenvalue weighted by Gasteiger charge is 2.27. The second-order valence-corrected chi connectivity index (χ2v) is 18.6. The van der Waals surface area contributed by atoms with Gasteiger partial charge in [0.25, 0.3) is 0 Å². The number of benzene rings is 12. The molecule has 0 N–H and O–H groups in total. The predicted molar refractivity (Wildman–Crippen MR) is 294 cm³/mol. The quantitative estimate of drug-likeness (QED) is 0.137. The second-order valence-electron chi connectivity index (χ2n) is 17.5. The summed E-state index contributed by atoms with van der Waals surface area (Å²) in [5.41, 5.74) is 15.4. The highest BCUT2D eigenvalue weighted by molar-refractivity contribution is 7.26. The van der Waals surface area contributed by atoms with Crippen LogP contribution in [0.2, 0.25) is 0 Å². The van der Waals surface area contributed by atoms with E-state index in [2.05, 4.69) is 266 Å². The minimum atomic E-state index is 1.08. The molecule has 1 aromatic heterocycles. The highest BCUT2D eigenvalue weighted by Crippen LogP contribution is 2.53. The van der Waals surface area contributed by atoms with E-state index < -0.39 is 0 Å². The Morgan fingerprint density at radius 2 is 0.706 bits per heavy atom. The Balaban J connectivity index is 1.02. The Labute approximate surface area is 400 Å². The second kappa shape index (κ2) is 16.7. The fourth-order valence-corrected chi connectivity index (χ4v) is 11.7. The number of fused-ring (bicyclic) bond motifs is 7. The molecule has 0 aliphatic heterocycles. The first kappa shape index (κ1) is 39.8. The first-order valence-electron chi connectivity index (χ1n) is 23.3. The van der Waals surface area contributed by atoms with Gasteiger partial charge in [0.2, 0.25) is 0 Å². The van der Waals surface area contributed by atoms with Crippen molar-refractivity contribution in [2.24, 2.45) is 0 Å². The van der Waals surface area contributed by atoms with E-state index >= 15 is 0 Å². The summed E-state index contributed by atoms with van der Waals surface area (Å²) in [6.07, 6.45) is 0. The minimum Gasteiger partial charge on any atom is -0.309 e. The van der Waals surface area contributed by atoms with Crippen molar-refractivity contribution < 1.29 is 0 Å². The van der Waals surface area contributed by atoms with E-state index in [0.29, 0.717) is 0 Å². The van der Waals surface area contributed by atoms with Gasteiger partial charge in [-0.3, -0.25) is 0 Å². The zero-order valence-electron chi connectivity index (χ0n) is 37.2. The lowest BCUT2D eigenvalue weighted by Gasteiger charge is -2.32. The zero-order chi connectivity index (χ0) is 45.0. The van der Waals surface area contributed by atoms with Crippen molar-refractivity contribution in [3.63, 3.8) is 0 Å². The van der Waals surface area contributed by atoms with E-state index in [9.17, 15) is 0 Å². The molecule has 13 aromatic rings.